The molecular weight excluding hydrogens is 410 g/mol. The molecule has 0 fully saturated rings. The molecule has 0 aliphatic carbocycles. The number of carbonyl (C=O) groups is 2. The van der Waals surface area contributed by atoms with Crippen LogP contribution in [0.2, 0.25) is 0 Å². The molecule has 1 aromatic heterocycles. The van der Waals surface area contributed by atoms with Gasteiger partial charge in [0.15, 0.2) is 17.5 Å². The SMILES string of the molecule is CC(=O)c1ccc(OCC(=O)NCCCc2ccccc2)c(CSc2ncccn2)c1. The summed E-state index contributed by atoms with van der Waals surface area (Å²) in [5.74, 6) is 0.908. The molecule has 0 aliphatic rings. The van der Waals surface area contributed by atoms with Crippen LogP contribution < -0.4 is 10.1 Å². The average Bonchev–Trinajstić information content (AvgIpc) is 2.80. The Labute approximate surface area is 186 Å². The van der Waals surface area contributed by atoms with E-state index in [2.05, 4.69) is 27.4 Å². The number of hydrogen-bond acceptors (Lipinski definition) is 6. The molecule has 0 bridgehead atoms. The fourth-order valence-electron chi connectivity index (χ4n) is 2.91. The Morgan fingerprint density at radius 2 is 1.81 bits per heavy atom. The molecule has 0 aliphatic heterocycles. The van der Waals surface area contributed by atoms with Crippen LogP contribution in [0.1, 0.15) is 34.8 Å². The van der Waals surface area contributed by atoms with E-state index < -0.39 is 0 Å². The summed E-state index contributed by atoms with van der Waals surface area (Å²) >= 11 is 1.44. The molecule has 6 nitrogen and oxygen atoms in total. The highest BCUT2D eigenvalue weighted by Gasteiger charge is 2.11. The predicted molar refractivity (Wildman–Crippen MR) is 121 cm³/mol. The number of hydrogen-bond donors (Lipinski definition) is 1. The Morgan fingerprint density at radius 1 is 1.03 bits per heavy atom. The number of nitrogens with one attached hydrogen (secondary N) is 1. The zero-order chi connectivity index (χ0) is 21.9. The van der Waals surface area contributed by atoms with Crippen molar-refractivity contribution in [2.45, 2.75) is 30.7 Å². The van der Waals surface area contributed by atoms with E-state index in [4.69, 9.17) is 4.74 Å². The molecule has 31 heavy (non-hydrogen) atoms. The number of nitrogens with zero attached hydrogens (tertiary/aromatic N) is 2. The Bertz CT molecular complexity index is 997. The van der Waals surface area contributed by atoms with Crippen LogP contribution in [0.3, 0.4) is 0 Å². The van der Waals surface area contributed by atoms with Gasteiger partial charge in [0, 0.05) is 35.8 Å². The van der Waals surface area contributed by atoms with Crippen LogP contribution in [0.4, 0.5) is 0 Å². The molecule has 3 aromatic rings. The molecule has 1 heterocycles. The summed E-state index contributed by atoms with van der Waals surface area (Å²) in [5.41, 5.74) is 2.67. The lowest BCUT2D eigenvalue weighted by molar-refractivity contribution is -0.123. The van der Waals surface area contributed by atoms with Crippen LogP contribution in [-0.2, 0) is 17.0 Å². The minimum absolute atomic E-state index is 0.0232. The molecule has 0 saturated heterocycles. The fraction of sp³-hybridized carbons (Fsp3) is 0.250. The minimum atomic E-state index is -0.172. The average molecular weight is 436 g/mol. The number of carbonyl (C=O) groups excluding carboxylic acids is 2. The normalized spacial score (nSPS) is 10.5. The van der Waals surface area contributed by atoms with E-state index in [0.717, 1.165) is 18.4 Å². The molecule has 0 saturated carbocycles. The lowest BCUT2D eigenvalue weighted by Gasteiger charge is -2.12. The second-order valence-electron chi connectivity index (χ2n) is 6.93. The zero-order valence-corrected chi connectivity index (χ0v) is 18.2. The fourth-order valence-corrected chi connectivity index (χ4v) is 3.69. The van der Waals surface area contributed by atoms with Crippen LogP contribution in [0.5, 0.6) is 5.75 Å². The summed E-state index contributed by atoms with van der Waals surface area (Å²) in [6.45, 7) is 2.04. The summed E-state index contributed by atoms with van der Waals surface area (Å²) in [5, 5.41) is 3.52. The Balaban J connectivity index is 1.51. The van der Waals surface area contributed by atoms with Crippen molar-refractivity contribution in [1.82, 2.24) is 15.3 Å². The van der Waals surface area contributed by atoms with Gasteiger partial charge in [-0.15, -0.1) is 0 Å². The summed E-state index contributed by atoms with van der Waals surface area (Å²) in [7, 11) is 0. The largest absolute Gasteiger partial charge is 0.483 e. The smallest absolute Gasteiger partial charge is 0.257 e. The van der Waals surface area contributed by atoms with E-state index in [9.17, 15) is 9.59 Å². The Hall–Kier alpha value is -3.19. The van der Waals surface area contributed by atoms with Gasteiger partial charge in [0.1, 0.15) is 5.75 Å². The van der Waals surface area contributed by atoms with Crippen molar-refractivity contribution in [2.75, 3.05) is 13.2 Å². The third kappa shape index (κ3) is 7.53. The van der Waals surface area contributed by atoms with Crippen LogP contribution in [0.15, 0.2) is 72.1 Å². The van der Waals surface area contributed by atoms with Crippen molar-refractivity contribution in [2.24, 2.45) is 0 Å². The highest BCUT2D eigenvalue weighted by atomic mass is 32.2. The van der Waals surface area contributed by atoms with Crippen molar-refractivity contribution in [3.05, 3.63) is 83.7 Å². The van der Waals surface area contributed by atoms with Gasteiger partial charge in [-0.2, -0.15) is 0 Å². The first-order valence-electron chi connectivity index (χ1n) is 10.1. The second-order valence-corrected chi connectivity index (χ2v) is 7.87. The number of ketones is 1. The van der Waals surface area contributed by atoms with E-state index >= 15 is 0 Å². The lowest BCUT2D eigenvalue weighted by Crippen LogP contribution is -2.30. The maximum absolute atomic E-state index is 12.2. The Kier molecular flexibility index (Phi) is 8.60. The Morgan fingerprint density at radius 3 is 2.55 bits per heavy atom. The van der Waals surface area contributed by atoms with Gasteiger partial charge in [-0.05, 0) is 49.6 Å². The van der Waals surface area contributed by atoms with E-state index in [-0.39, 0.29) is 18.3 Å². The molecule has 1 amide bonds. The second kappa shape index (κ2) is 11.9. The number of benzene rings is 2. The van der Waals surface area contributed by atoms with Crippen LogP contribution in [0, 0.1) is 0 Å². The predicted octanol–water partition coefficient (Wildman–Crippen LogP) is 4.10. The summed E-state index contributed by atoms with van der Waals surface area (Å²) in [6.07, 6.45) is 5.14. The first-order chi connectivity index (χ1) is 15.1. The number of ether oxygens (including phenoxy) is 1. The van der Waals surface area contributed by atoms with Gasteiger partial charge in [0.2, 0.25) is 0 Å². The number of thioether (sulfide) groups is 1. The molecular formula is C24H25N3O3S. The van der Waals surface area contributed by atoms with Gasteiger partial charge in [-0.3, -0.25) is 9.59 Å². The van der Waals surface area contributed by atoms with Crippen molar-refractivity contribution < 1.29 is 14.3 Å². The monoisotopic (exact) mass is 435 g/mol. The van der Waals surface area contributed by atoms with Crippen LogP contribution >= 0.6 is 11.8 Å². The maximum atomic E-state index is 12.2. The van der Waals surface area contributed by atoms with E-state index in [1.807, 2.05) is 18.2 Å². The highest BCUT2D eigenvalue weighted by Crippen LogP contribution is 2.27. The minimum Gasteiger partial charge on any atom is -0.483 e. The standard InChI is InChI=1S/C24H25N3O3S/c1-18(28)20-10-11-22(21(15-20)17-31-24-26-13-6-14-27-24)30-16-23(29)25-12-5-9-19-7-3-2-4-8-19/h2-4,6-8,10-11,13-15H,5,9,12,16-17H2,1H3,(H,25,29). The molecule has 0 radical (unpaired) electrons. The summed E-state index contributed by atoms with van der Waals surface area (Å²) in [4.78, 5) is 32.3. The van der Waals surface area contributed by atoms with E-state index in [1.54, 1.807) is 36.7 Å². The quantitative estimate of drug-likeness (QED) is 0.211. The third-order valence-electron chi connectivity index (χ3n) is 4.53. The number of aryl methyl sites for hydroxylation is 1. The number of amides is 1. The molecule has 0 unspecified atom stereocenters. The van der Waals surface area contributed by atoms with Crippen molar-refractivity contribution in [3.63, 3.8) is 0 Å². The van der Waals surface area contributed by atoms with Gasteiger partial charge >= 0.3 is 0 Å². The van der Waals surface area contributed by atoms with Gasteiger partial charge < -0.3 is 10.1 Å². The topological polar surface area (TPSA) is 81.2 Å². The molecule has 2 aromatic carbocycles. The van der Waals surface area contributed by atoms with Crippen LogP contribution in [-0.4, -0.2) is 34.8 Å². The molecule has 160 valence electrons. The number of Topliss-reactive ketones (excluding diaryl/α,β-unsaturated/α-hetero) is 1. The zero-order valence-electron chi connectivity index (χ0n) is 17.4. The molecule has 0 spiro atoms. The summed E-state index contributed by atoms with van der Waals surface area (Å²) < 4.78 is 5.76. The third-order valence-corrected chi connectivity index (χ3v) is 5.46. The molecule has 1 N–H and O–H groups in total. The number of aromatic nitrogens is 2. The molecule has 3 rings (SSSR count). The van der Waals surface area contributed by atoms with Crippen molar-refractivity contribution in [1.29, 1.82) is 0 Å². The van der Waals surface area contributed by atoms with E-state index in [0.29, 0.717) is 28.8 Å². The van der Waals surface area contributed by atoms with Crippen LogP contribution in [0.25, 0.3) is 0 Å². The van der Waals surface area contributed by atoms with Gasteiger partial charge in [-0.25, -0.2) is 9.97 Å². The molecule has 7 heteroatoms. The first-order valence-corrected chi connectivity index (χ1v) is 11.1. The highest BCUT2D eigenvalue weighted by molar-refractivity contribution is 7.98. The first kappa shape index (κ1) is 22.5. The molecule has 0 atom stereocenters. The number of rotatable bonds is 11. The van der Waals surface area contributed by atoms with E-state index in [1.165, 1.54) is 24.2 Å². The van der Waals surface area contributed by atoms with Gasteiger partial charge in [0.25, 0.3) is 5.91 Å². The van der Waals surface area contributed by atoms with Gasteiger partial charge in [0.05, 0.1) is 0 Å². The van der Waals surface area contributed by atoms with Gasteiger partial charge in [-0.1, -0.05) is 42.1 Å². The maximum Gasteiger partial charge on any atom is 0.257 e. The summed E-state index contributed by atoms with van der Waals surface area (Å²) in [6, 6.07) is 17.2. The van der Waals surface area contributed by atoms with Crippen molar-refractivity contribution in [3.8, 4) is 5.75 Å². The lowest BCUT2D eigenvalue weighted by atomic mass is 10.1. The van der Waals surface area contributed by atoms with Crippen molar-refractivity contribution >= 4 is 23.5 Å².